The number of aryl methyl sites for hydroxylation is 1. The number of nitrogens with zero attached hydrogens (tertiary/aromatic N) is 2. The molecule has 1 rings (SSSR count). The van der Waals surface area contributed by atoms with Crippen LogP contribution in [0.3, 0.4) is 0 Å². The number of carbonyl (C=O) groups excluding carboxylic acids is 1. The summed E-state index contributed by atoms with van der Waals surface area (Å²) in [6.07, 6.45) is -6.03. The number of amides is 1. The van der Waals surface area contributed by atoms with Crippen molar-refractivity contribution >= 4 is 22.6 Å². The molecule has 1 amide bonds. The van der Waals surface area contributed by atoms with Crippen molar-refractivity contribution in [3.8, 4) is 0 Å². The normalized spacial score (nSPS) is 11.5. The Morgan fingerprint density at radius 2 is 2.20 bits per heavy atom. The van der Waals surface area contributed by atoms with Crippen LogP contribution in [-0.2, 0) is 4.79 Å². The van der Waals surface area contributed by atoms with Gasteiger partial charge in [0, 0.05) is 18.0 Å². The summed E-state index contributed by atoms with van der Waals surface area (Å²) in [7, 11) is 0. The van der Waals surface area contributed by atoms with E-state index in [1.165, 1.54) is 0 Å². The van der Waals surface area contributed by atoms with Crippen LogP contribution in [0.4, 0.5) is 18.3 Å². The fourth-order valence-corrected chi connectivity index (χ4v) is 1.38. The number of hydrogen-bond acceptors (Lipinski definition) is 4. The van der Waals surface area contributed by atoms with Crippen molar-refractivity contribution in [1.82, 2.24) is 9.36 Å². The van der Waals surface area contributed by atoms with Crippen LogP contribution in [0, 0.1) is 6.92 Å². The number of carbonyl (C=O) groups is 1. The SMILES string of the molecule is Cc1nsc(NC(=O)CCC(F)(F)F)n1. The highest BCUT2D eigenvalue weighted by molar-refractivity contribution is 7.09. The van der Waals surface area contributed by atoms with E-state index >= 15 is 0 Å². The molecule has 0 aliphatic heterocycles. The largest absolute Gasteiger partial charge is 0.389 e. The highest BCUT2D eigenvalue weighted by atomic mass is 32.1. The fraction of sp³-hybridized carbons (Fsp3) is 0.571. The van der Waals surface area contributed by atoms with Crippen LogP contribution in [0.5, 0.6) is 0 Å². The number of halogens is 3. The Labute approximate surface area is 87.7 Å². The Hall–Kier alpha value is -1.18. The van der Waals surface area contributed by atoms with Crippen LogP contribution < -0.4 is 5.32 Å². The summed E-state index contributed by atoms with van der Waals surface area (Å²) in [5, 5.41) is 2.46. The van der Waals surface area contributed by atoms with E-state index in [1.807, 2.05) is 0 Å². The molecule has 1 heterocycles. The van der Waals surface area contributed by atoms with Gasteiger partial charge in [-0.1, -0.05) is 0 Å². The first-order valence-electron chi connectivity index (χ1n) is 4.04. The van der Waals surface area contributed by atoms with Crippen LogP contribution in [-0.4, -0.2) is 21.4 Å². The van der Waals surface area contributed by atoms with E-state index in [4.69, 9.17) is 0 Å². The highest BCUT2D eigenvalue weighted by Crippen LogP contribution is 2.21. The number of hydrogen-bond donors (Lipinski definition) is 1. The number of alkyl halides is 3. The average Bonchev–Trinajstić information content (AvgIpc) is 2.47. The highest BCUT2D eigenvalue weighted by Gasteiger charge is 2.27. The van der Waals surface area contributed by atoms with Gasteiger partial charge in [-0.25, -0.2) is 4.98 Å². The average molecular weight is 239 g/mol. The van der Waals surface area contributed by atoms with Crippen LogP contribution in [0.25, 0.3) is 0 Å². The van der Waals surface area contributed by atoms with Crippen LogP contribution >= 0.6 is 11.5 Å². The fourth-order valence-electron chi connectivity index (χ4n) is 0.785. The monoisotopic (exact) mass is 239 g/mol. The first-order valence-corrected chi connectivity index (χ1v) is 4.81. The molecule has 1 N–H and O–H groups in total. The Morgan fingerprint density at radius 1 is 1.53 bits per heavy atom. The van der Waals surface area contributed by atoms with Crippen molar-refractivity contribution in [1.29, 1.82) is 0 Å². The van der Waals surface area contributed by atoms with Crippen molar-refractivity contribution in [3.05, 3.63) is 5.82 Å². The van der Waals surface area contributed by atoms with E-state index in [9.17, 15) is 18.0 Å². The molecule has 8 heteroatoms. The molecule has 0 radical (unpaired) electrons. The van der Waals surface area contributed by atoms with E-state index in [1.54, 1.807) is 6.92 Å². The maximum atomic E-state index is 11.8. The Balaban J connectivity index is 2.37. The van der Waals surface area contributed by atoms with Gasteiger partial charge in [0.15, 0.2) is 0 Å². The third-order valence-corrected chi connectivity index (χ3v) is 2.13. The lowest BCUT2D eigenvalue weighted by molar-refractivity contribution is -0.142. The predicted octanol–water partition coefficient (Wildman–Crippen LogP) is 2.13. The quantitative estimate of drug-likeness (QED) is 0.879. The van der Waals surface area contributed by atoms with Gasteiger partial charge in [0.05, 0.1) is 6.42 Å². The molecule has 0 aromatic carbocycles. The minimum absolute atomic E-state index is 0.222. The van der Waals surface area contributed by atoms with Crippen molar-refractivity contribution < 1.29 is 18.0 Å². The molecule has 0 bridgehead atoms. The second-order valence-electron chi connectivity index (χ2n) is 2.81. The molecule has 0 fully saturated rings. The van der Waals surface area contributed by atoms with Gasteiger partial charge in [0.25, 0.3) is 0 Å². The molecule has 4 nitrogen and oxygen atoms in total. The molecular formula is C7H8F3N3OS. The molecule has 1 aromatic heterocycles. The molecule has 0 aliphatic rings. The summed E-state index contributed by atoms with van der Waals surface area (Å²) in [6.45, 7) is 1.63. The molecule has 0 unspecified atom stereocenters. The van der Waals surface area contributed by atoms with E-state index < -0.39 is 24.9 Å². The third-order valence-electron chi connectivity index (χ3n) is 1.41. The van der Waals surface area contributed by atoms with Crippen molar-refractivity contribution in [2.75, 3.05) is 5.32 Å². The van der Waals surface area contributed by atoms with Crippen LogP contribution in [0.2, 0.25) is 0 Å². The molecule has 1 aromatic rings. The molecule has 0 saturated heterocycles. The Kier molecular flexibility index (Phi) is 3.61. The van der Waals surface area contributed by atoms with Gasteiger partial charge in [0.1, 0.15) is 5.82 Å². The van der Waals surface area contributed by atoms with E-state index in [0.717, 1.165) is 11.5 Å². The zero-order chi connectivity index (χ0) is 11.5. The summed E-state index contributed by atoms with van der Waals surface area (Å²) in [4.78, 5) is 14.8. The minimum Gasteiger partial charge on any atom is -0.301 e. The zero-order valence-electron chi connectivity index (χ0n) is 7.76. The summed E-state index contributed by atoms with van der Waals surface area (Å²) in [6, 6.07) is 0. The molecule has 0 atom stereocenters. The number of nitrogens with one attached hydrogen (secondary N) is 1. The maximum absolute atomic E-state index is 11.8. The number of rotatable bonds is 3. The number of aromatic nitrogens is 2. The van der Waals surface area contributed by atoms with Crippen molar-refractivity contribution in [3.63, 3.8) is 0 Å². The topological polar surface area (TPSA) is 54.9 Å². The molecule has 0 saturated carbocycles. The molecule has 0 aliphatic carbocycles. The first-order chi connectivity index (χ1) is 6.87. The van der Waals surface area contributed by atoms with E-state index in [2.05, 4.69) is 14.7 Å². The molecule has 15 heavy (non-hydrogen) atoms. The van der Waals surface area contributed by atoms with Gasteiger partial charge < -0.3 is 5.32 Å². The lowest BCUT2D eigenvalue weighted by Gasteiger charge is -2.04. The molecule has 84 valence electrons. The standard InChI is InChI=1S/C7H8F3N3OS/c1-4-11-6(15-13-4)12-5(14)2-3-7(8,9)10/h2-3H2,1H3,(H,11,12,13,14). The second-order valence-corrected chi connectivity index (χ2v) is 3.56. The van der Waals surface area contributed by atoms with Gasteiger partial charge >= 0.3 is 6.18 Å². The smallest absolute Gasteiger partial charge is 0.301 e. The molecule has 0 spiro atoms. The summed E-state index contributed by atoms with van der Waals surface area (Å²) in [5.41, 5.74) is 0. The second kappa shape index (κ2) is 4.56. The van der Waals surface area contributed by atoms with Crippen LogP contribution in [0.15, 0.2) is 0 Å². The van der Waals surface area contributed by atoms with Gasteiger partial charge in [-0.15, -0.1) is 0 Å². The summed E-state index contributed by atoms with van der Waals surface area (Å²) < 4.78 is 39.0. The van der Waals surface area contributed by atoms with E-state index in [0.29, 0.717) is 5.82 Å². The number of anilines is 1. The maximum Gasteiger partial charge on any atom is 0.389 e. The van der Waals surface area contributed by atoms with Crippen LogP contribution in [0.1, 0.15) is 18.7 Å². The van der Waals surface area contributed by atoms with Gasteiger partial charge in [0.2, 0.25) is 11.0 Å². The molecular weight excluding hydrogens is 231 g/mol. The lowest BCUT2D eigenvalue weighted by atomic mass is 10.3. The van der Waals surface area contributed by atoms with Gasteiger partial charge in [-0.05, 0) is 6.92 Å². The van der Waals surface area contributed by atoms with E-state index in [-0.39, 0.29) is 5.13 Å². The van der Waals surface area contributed by atoms with Crippen molar-refractivity contribution in [2.24, 2.45) is 0 Å². The summed E-state index contributed by atoms with van der Waals surface area (Å²) >= 11 is 0.937. The van der Waals surface area contributed by atoms with Gasteiger partial charge in [-0.3, -0.25) is 4.79 Å². The van der Waals surface area contributed by atoms with Gasteiger partial charge in [-0.2, -0.15) is 17.5 Å². The van der Waals surface area contributed by atoms with Crippen molar-refractivity contribution in [2.45, 2.75) is 25.9 Å². The first kappa shape index (κ1) is 11.9. The lowest BCUT2D eigenvalue weighted by Crippen LogP contribution is -2.16. The summed E-state index contributed by atoms with van der Waals surface area (Å²) in [5.74, 6) is -0.227. The minimum atomic E-state index is -4.31. The third kappa shape index (κ3) is 4.73. The predicted molar refractivity (Wildman–Crippen MR) is 48.6 cm³/mol. The Bertz CT molecular complexity index is 349. The zero-order valence-corrected chi connectivity index (χ0v) is 8.58. The Morgan fingerprint density at radius 3 is 2.67 bits per heavy atom.